The highest BCUT2D eigenvalue weighted by atomic mass is 35.5. The molecule has 0 spiro atoms. The molecule has 27 heavy (non-hydrogen) atoms. The number of para-hydroxylation sites is 1. The van der Waals surface area contributed by atoms with Crippen molar-refractivity contribution >= 4 is 23.2 Å². The Labute approximate surface area is 165 Å². The van der Waals surface area contributed by atoms with Gasteiger partial charge < -0.3 is 9.64 Å². The van der Waals surface area contributed by atoms with Gasteiger partial charge in [0.25, 0.3) is 0 Å². The minimum atomic E-state index is -0.171. The Bertz CT molecular complexity index is 808. The largest absolute Gasteiger partial charge is 0.371 e. The molecule has 0 bridgehead atoms. The van der Waals surface area contributed by atoms with Crippen molar-refractivity contribution in [1.29, 1.82) is 0 Å². The number of ether oxygens (including phenoxy) is 1. The third-order valence-corrected chi connectivity index (χ3v) is 5.87. The molecule has 1 fully saturated rings. The fourth-order valence-electron chi connectivity index (χ4n) is 4.04. The van der Waals surface area contributed by atoms with Crippen molar-refractivity contribution < 1.29 is 9.53 Å². The van der Waals surface area contributed by atoms with Gasteiger partial charge in [0.1, 0.15) is 0 Å². The standard InChI is InChI=1S/C22H25ClN2O2/c1-16(22(26)25-12-4-6-17-5-2-3-7-20(17)25)24-13-14-27-21(15-24)18-8-10-19(23)11-9-18/h2-3,5,7-11,16,21H,4,6,12-15H2,1H3/t16-,21-/m1/s1. The molecule has 4 nitrogen and oxygen atoms in total. The van der Waals surface area contributed by atoms with Gasteiger partial charge in [0, 0.05) is 30.3 Å². The topological polar surface area (TPSA) is 32.8 Å². The summed E-state index contributed by atoms with van der Waals surface area (Å²) in [6, 6.07) is 15.9. The summed E-state index contributed by atoms with van der Waals surface area (Å²) < 4.78 is 5.96. The minimum absolute atomic E-state index is 0.0279. The van der Waals surface area contributed by atoms with E-state index in [2.05, 4.69) is 23.1 Å². The van der Waals surface area contributed by atoms with Gasteiger partial charge in [-0.3, -0.25) is 9.69 Å². The van der Waals surface area contributed by atoms with Crippen LogP contribution in [0.15, 0.2) is 48.5 Å². The number of carbonyl (C=O) groups is 1. The van der Waals surface area contributed by atoms with Gasteiger partial charge in [-0.25, -0.2) is 0 Å². The van der Waals surface area contributed by atoms with E-state index in [1.54, 1.807) is 0 Å². The number of morpholine rings is 1. The van der Waals surface area contributed by atoms with Crippen molar-refractivity contribution in [2.75, 3.05) is 31.1 Å². The number of fused-ring (bicyclic) bond motifs is 1. The Balaban J connectivity index is 1.48. The third kappa shape index (κ3) is 3.88. The first-order valence-electron chi connectivity index (χ1n) is 9.64. The lowest BCUT2D eigenvalue weighted by Crippen LogP contribution is -2.52. The van der Waals surface area contributed by atoms with E-state index in [0.29, 0.717) is 13.2 Å². The minimum Gasteiger partial charge on any atom is -0.371 e. The number of carbonyl (C=O) groups excluding carboxylic acids is 1. The van der Waals surface area contributed by atoms with Crippen LogP contribution in [0.5, 0.6) is 0 Å². The van der Waals surface area contributed by atoms with Gasteiger partial charge in [-0.1, -0.05) is 41.9 Å². The van der Waals surface area contributed by atoms with Gasteiger partial charge in [0.05, 0.1) is 18.8 Å². The highest BCUT2D eigenvalue weighted by Gasteiger charge is 2.33. The summed E-state index contributed by atoms with van der Waals surface area (Å²) in [7, 11) is 0. The van der Waals surface area contributed by atoms with Crippen molar-refractivity contribution in [2.24, 2.45) is 0 Å². The van der Waals surface area contributed by atoms with Crippen LogP contribution in [0.3, 0.4) is 0 Å². The van der Waals surface area contributed by atoms with E-state index in [4.69, 9.17) is 16.3 Å². The fourth-order valence-corrected chi connectivity index (χ4v) is 4.17. The van der Waals surface area contributed by atoms with Crippen LogP contribution in [0.2, 0.25) is 5.02 Å². The van der Waals surface area contributed by atoms with E-state index in [-0.39, 0.29) is 18.1 Å². The van der Waals surface area contributed by atoms with Crippen LogP contribution in [-0.4, -0.2) is 43.1 Å². The maximum atomic E-state index is 13.3. The maximum Gasteiger partial charge on any atom is 0.244 e. The Morgan fingerprint density at radius 2 is 1.93 bits per heavy atom. The van der Waals surface area contributed by atoms with Crippen molar-refractivity contribution in [3.63, 3.8) is 0 Å². The molecule has 2 aliphatic heterocycles. The molecule has 5 heteroatoms. The lowest BCUT2D eigenvalue weighted by atomic mass is 10.0. The molecular weight excluding hydrogens is 360 g/mol. The number of nitrogens with zero attached hydrogens (tertiary/aromatic N) is 2. The second-order valence-corrected chi connectivity index (χ2v) is 7.74. The molecule has 0 saturated carbocycles. The Morgan fingerprint density at radius 1 is 1.15 bits per heavy atom. The van der Waals surface area contributed by atoms with Crippen molar-refractivity contribution in [3.8, 4) is 0 Å². The van der Waals surface area contributed by atoms with E-state index >= 15 is 0 Å². The predicted molar refractivity (Wildman–Crippen MR) is 108 cm³/mol. The Hall–Kier alpha value is -1.88. The zero-order chi connectivity index (χ0) is 18.8. The highest BCUT2D eigenvalue weighted by molar-refractivity contribution is 6.30. The predicted octanol–water partition coefficient (Wildman–Crippen LogP) is 4.08. The molecule has 2 aromatic carbocycles. The lowest BCUT2D eigenvalue weighted by Gasteiger charge is -2.39. The molecule has 2 atom stereocenters. The monoisotopic (exact) mass is 384 g/mol. The zero-order valence-corrected chi connectivity index (χ0v) is 16.4. The van der Waals surface area contributed by atoms with Gasteiger partial charge in [0.2, 0.25) is 5.91 Å². The van der Waals surface area contributed by atoms with E-state index < -0.39 is 0 Å². The lowest BCUT2D eigenvalue weighted by molar-refractivity contribution is -0.126. The Morgan fingerprint density at radius 3 is 2.74 bits per heavy atom. The molecule has 2 heterocycles. The van der Waals surface area contributed by atoms with Crippen molar-refractivity contribution in [3.05, 3.63) is 64.7 Å². The average molecular weight is 385 g/mol. The first-order valence-corrected chi connectivity index (χ1v) is 10.0. The van der Waals surface area contributed by atoms with Crippen LogP contribution >= 0.6 is 11.6 Å². The molecule has 2 aromatic rings. The normalized spacial score (nSPS) is 21.6. The van der Waals surface area contributed by atoms with Crippen LogP contribution in [0.1, 0.15) is 30.6 Å². The molecule has 142 valence electrons. The maximum absolute atomic E-state index is 13.3. The van der Waals surface area contributed by atoms with Gasteiger partial charge in [-0.2, -0.15) is 0 Å². The molecule has 0 N–H and O–H groups in total. The quantitative estimate of drug-likeness (QED) is 0.799. The van der Waals surface area contributed by atoms with E-state index in [1.807, 2.05) is 42.2 Å². The highest BCUT2D eigenvalue weighted by Crippen LogP contribution is 2.29. The van der Waals surface area contributed by atoms with Gasteiger partial charge in [0.15, 0.2) is 0 Å². The summed E-state index contributed by atoms with van der Waals surface area (Å²) in [6.07, 6.45) is 2.04. The number of halogens is 1. The van der Waals surface area contributed by atoms with Gasteiger partial charge in [-0.15, -0.1) is 0 Å². The van der Waals surface area contributed by atoms with Crippen LogP contribution in [-0.2, 0) is 16.0 Å². The summed E-state index contributed by atoms with van der Waals surface area (Å²) in [5.41, 5.74) is 3.44. The first-order chi connectivity index (χ1) is 13.1. The third-order valence-electron chi connectivity index (χ3n) is 5.62. The molecule has 1 saturated heterocycles. The first kappa shape index (κ1) is 18.5. The second-order valence-electron chi connectivity index (χ2n) is 7.30. The summed E-state index contributed by atoms with van der Waals surface area (Å²) in [6.45, 7) is 4.92. The number of anilines is 1. The van der Waals surface area contributed by atoms with Crippen LogP contribution in [0.4, 0.5) is 5.69 Å². The molecule has 0 aliphatic carbocycles. The van der Waals surface area contributed by atoms with Crippen LogP contribution in [0, 0.1) is 0 Å². The van der Waals surface area contributed by atoms with E-state index in [1.165, 1.54) is 5.56 Å². The molecule has 0 radical (unpaired) electrons. The fraction of sp³-hybridized carbons (Fsp3) is 0.409. The van der Waals surface area contributed by atoms with Gasteiger partial charge >= 0.3 is 0 Å². The Kier molecular flexibility index (Phi) is 5.48. The van der Waals surface area contributed by atoms with Gasteiger partial charge in [-0.05, 0) is 49.1 Å². The van der Waals surface area contributed by atoms with Crippen LogP contribution < -0.4 is 4.90 Å². The number of aryl methyl sites for hydroxylation is 1. The molecular formula is C22H25ClN2O2. The SMILES string of the molecule is C[C@H](C(=O)N1CCCc2ccccc21)N1CCO[C@@H](c2ccc(Cl)cc2)C1. The number of hydrogen-bond acceptors (Lipinski definition) is 3. The summed E-state index contributed by atoms with van der Waals surface area (Å²) in [5.74, 6) is 0.180. The molecule has 2 aliphatic rings. The molecule has 0 aromatic heterocycles. The summed E-state index contributed by atoms with van der Waals surface area (Å²) >= 11 is 6.00. The average Bonchev–Trinajstić information content (AvgIpc) is 2.73. The van der Waals surface area contributed by atoms with Crippen molar-refractivity contribution in [2.45, 2.75) is 31.9 Å². The number of hydrogen-bond donors (Lipinski definition) is 0. The molecule has 1 amide bonds. The summed E-state index contributed by atoms with van der Waals surface area (Å²) in [5, 5.41) is 0.721. The van der Waals surface area contributed by atoms with Crippen molar-refractivity contribution in [1.82, 2.24) is 4.90 Å². The van der Waals surface area contributed by atoms with E-state index in [9.17, 15) is 4.79 Å². The smallest absolute Gasteiger partial charge is 0.244 e. The molecule has 4 rings (SSSR count). The summed E-state index contributed by atoms with van der Waals surface area (Å²) in [4.78, 5) is 17.5. The zero-order valence-electron chi connectivity index (χ0n) is 15.6. The second kappa shape index (κ2) is 8.01. The number of rotatable bonds is 3. The van der Waals surface area contributed by atoms with E-state index in [0.717, 1.165) is 42.2 Å². The number of amides is 1. The number of benzene rings is 2. The molecule has 0 unspecified atom stereocenters. The van der Waals surface area contributed by atoms with Crippen LogP contribution in [0.25, 0.3) is 0 Å².